The van der Waals surface area contributed by atoms with Gasteiger partial charge in [-0.1, -0.05) is 0 Å². The van der Waals surface area contributed by atoms with E-state index in [4.69, 9.17) is 24.1 Å². The fourth-order valence-electron chi connectivity index (χ4n) is 2.04. The Bertz CT molecular complexity index is 702. The van der Waals surface area contributed by atoms with Crippen molar-refractivity contribution < 1.29 is 34.0 Å². The standard InChI is InChI=1S/C17H22N2O7/c1-23-6-7-24-8-9-25-10-11-26-13-2-3-15(16(20)12-13)19-5-4-14(18-19)17(21)22/h2-5,12,20H,6-11H2,1H3,(H,21,22). The summed E-state index contributed by atoms with van der Waals surface area (Å²) in [6.45, 7) is 2.74. The molecule has 0 fully saturated rings. The van der Waals surface area contributed by atoms with Crippen LogP contribution < -0.4 is 4.74 Å². The van der Waals surface area contributed by atoms with Gasteiger partial charge in [0.05, 0.1) is 33.0 Å². The number of hydrogen-bond acceptors (Lipinski definition) is 7. The van der Waals surface area contributed by atoms with Crippen molar-refractivity contribution in [3.8, 4) is 17.2 Å². The van der Waals surface area contributed by atoms with Crippen LogP contribution in [0.3, 0.4) is 0 Å². The fraction of sp³-hybridized carbons (Fsp3) is 0.412. The number of carbonyl (C=O) groups is 1. The zero-order chi connectivity index (χ0) is 18.8. The molecule has 1 aromatic carbocycles. The smallest absolute Gasteiger partial charge is 0.356 e. The minimum absolute atomic E-state index is 0.0741. The first-order valence-corrected chi connectivity index (χ1v) is 8.01. The van der Waals surface area contributed by atoms with Crippen LogP contribution in [0.4, 0.5) is 0 Å². The molecule has 0 saturated carbocycles. The average molecular weight is 366 g/mol. The number of nitrogens with zero attached hydrogens (tertiary/aromatic N) is 2. The predicted molar refractivity (Wildman–Crippen MR) is 91.2 cm³/mol. The predicted octanol–water partition coefficient (Wildman–Crippen LogP) is 1.33. The van der Waals surface area contributed by atoms with Crippen molar-refractivity contribution in [2.45, 2.75) is 0 Å². The van der Waals surface area contributed by atoms with Gasteiger partial charge in [0.2, 0.25) is 0 Å². The Morgan fingerprint density at radius 1 is 1.08 bits per heavy atom. The summed E-state index contributed by atoms with van der Waals surface area (Å²) in [5, 5.41) is 22.8. The third-order valence-electron chi connectivity index (χ3n) is 3.30. The number of rotatable bonds is 12. The van der Waals surface area contributed by atoms with Gasteiger partial charge in [0, 0.05) is 19.4 Å². The summed E-state index contributed by atoms with van der Waals surface area (Å²) in [5.74, 6) is -0.737. The molecule has 0 bridgehead atoms. The van der Waals surface area contributed by atoms with Crippen LogP contribution in [0, 0.1) is 0 Å². The number of aromatic nitrogens is 2. The van der Waals surface area contributed by atoms with E-state index in [9.17, 15) is 9.90 Å². The van der Waals surface area contributed by atoms with Crippen molar-refractivity contribution in [2.24, 2.45) is 0 Å². The molecule has 9 heteroatoms. The maximum absolute atomic E-state index is 10.9. The zero-order valence-electron chi connectivity index (χ0n) is 14.5. The van der Waals surface area contributed by atoms with Crippen molar-refractivity contribution >= 4 is 5.97 Å². The molecule has 0 aliphatic heterocycles. The second-order valence-corrected chi connectivity index (χ2v) is 5.17. The van der Waals surface area contributed by atoms with Gasteiger partial charge < -0.3 is 29.2 Å². The van der Waals surface area contributed by atoms with Crippen LogP contribution in [-0.2, 0) is 14.2 Å². The van der Waals surface area contributed by atoms with Gasteiger partial charge in [-0.25, -0.2) is 9.48 Å². The van der Waals surface area contributed by atoms with Crippen LogP contribution >= 0.6 is 0 Å². The summed E-state index contributed by atoms with van der Waals surface area (Å²) < 4.78 is 22.3. The number of carboxylic acids is 1. The molecule has 1 heterocycles. The van der Waals surface area contributed by atoms with Crippen molar-refractivity contribution in [1.82, 2.24) is 9.78 Å². The van der Waals surface area contributed by atoms with Crippen molar-refractivity contribution in [3.05, 3.63) is 36.2 Å². The molecule has 0 atom stereocenters. The molecule has 0 aliphatic rings. The lowest BCUT2D eigenvalue weighted by molar-refractivity contribution is 0.0179. The molecule has 2 N–H and O–H groups in total. The molecule has 2 aromatic rings. The topological polar surface area (TPSA) is 112 Å². The lowest BCUT2D eigenvalue weighted by Gasteiger charge is -2.10. The van der Waals surface area contributed by atoms with Crippen molar-refractivity contribution in [3.63, 3.8) is 0 Å². The molecule has 1 aromatic heterocycles. The molecular weight excluding hydrogens is 344 g/mol. The molecule has 2 rings (SSSR count). The number of phenols is 1. The molecular formula is C17H22N2O7. The number of hydrogen-bond donors (Lipinski definition) is 2. The number of aromatic hydroxyl groups is 1. The van der Waals surface area contributed by atoms with Gasteiger partial charge in [-0.3, -0.25) is 0 Å². The Hall–Kier alpha value is -2.62. The molecule has 9 nitrogen and oxygen atoms in total. The normalized spacial score (nSPS) is 10.8. The first-order valence-electron chi connectivity index (χ1n) is 8.01. The summed E-state index contributed by atoms with van der Waals surface area (Å²) >= 11 is 0. The minimum atomic E-state index is -1.13. The van der Waals surface area contributed by atoms with Gasteiger partial charge in [0.1, 0.15) is 23.8 Å². The number of benzene rings is 1. The van der Waals surface area contributed by atoms with Gasteiger partial charge in [0.25, 0.3) is 0 Å². The van der Waals surface area contributed by atoms with E-state index in [1.54, 1.807) is 19.2 Å². The van der Waals surface area contributed by atoms with E-state index in [0.29, 0.717) is 51.1 Å². The van der Waals surface area contributed by atoms with Crippen LogP contribution in [0.5, 0.6) is 11.5 Å². The molecule has 26 heavy (non-hydrogen) atoms. The van der Waals surface area contributed by atoms with E-state index in [2.05, 4.69) is 5.10 Å². The molecule has 0 unspecified atom stereocenters. The molecule has 0 radical (unpaired) electrons. The molecule has 0 saturated heterocycles. The monoisotopic (exact) mass is 366 g/mol. The quantitative estimate of drug-likeness (QED) is 0.541. The van der Waals surface area contributed by atoms with Crippen LogP contribution in [-0.4, -0.2) is 72.7 Å². The minimum Gasteiger partial charge on any atom is -0.506 e. The lowest BCUT2D eigenvalue weighted by Crippen LogP contribution is -2.12. The van der Waals surface area contributed by atoms with E-state index in [1.807, 2.05) is 0 Å². The first kappa shape index (κ1) is 19.7. The number of phenolic OH excluding ortho intramolecular Hbond substituents is 1. The van der Waals surface area contributed by atoms with E-state index in [0.717, 1.165) is 0 Å². The van der Waals surface area contributed by atoms with Gasteiger partial charge >= 0.3 is 5.97 Å². The first-order chi connectivity index (χ1) is 12.6. The van der Waals surface area contributed by atoms with E-state index < -0.39 is 5.97 Å². The van der Waals surface area contributed by atoms with Crippen LogP contribution in [0.2, 0.25) is 0 Å². The van der Waals surface area contributed by atoms with E-state index in [1.165, 1.54) is 23.0 Å². The highest BCUT2D eigenvalue weighted by Crippen LogP contribution is 2.26. The fourth-order valence-corrected chi connectivity index (χ4v) is 2.04. The maximum atomic E-state index is 10.9. The van der Waals surface area contributed by atoms with E-state index >= 15 is 0 Å². The third kappa shape index (κ3) is 6.03. The second kappa shape index (κ2) is 10.4. The van der Waals surface area contributed by atoms with E-state index in [-0.39, 0.29) is 11.4 Å². The van der Waals surface area contributed by atoms with Crippen LogP contribution in [0.1, 0.15) is 10.5 Å². The summed E-state index contributed by atoms with van der Waals surface area (Å²) in [5.41, 5.74) is 0.252. The highest BCUT2D eigenvalue weighted by Gasteiger charge is 2.11. The third-order valence-corrected chi connectivity index (χ3v) is 3.30. The number of methoxy groups -OCH3 is 1. The van der Waals surface area contributed by atoms with Crippen LogP contribution in [0.25, 0.3) is 5.69 Å². The maximum Gasteiger partial charge on any atom is 0.356 e. The summed E-state index contributed by atoms with van der Waals surface area (Å²) in [4.78, 5) is 10.9. The lowest BCUT2D eigenvalue weighted by atomic mass is 10.3. The Kier molecular flexibility index (Phi) is 7.87. The van der Waals surface area contributed by atoms with Crippen molar-refractivity contribution in [2.75, 3.05) is 46.8 Å². The van der Waals surface area contributed by atoms with Gasteiger partial charge in [-0.15, -0.1) is 0 Å². The molecule has 0 amide bonds. The summed E-state index contributed by atoms with van der Waals surface area (Å²) in [6, 6.07) is 6.03. The van der Waals surface area contributed by atoms with Gasteiger partial charge in [0.15, 0.2) is 5.69 Å². The van der Waals surface area contributed by atoms with Crippen molar-refractivity contribution in [1.29, 1.82) is 0 Å². The average Bonchev–Trinajstić information content (AvgIpc) is 3.10. The Morgan fingerprint density at radius 2 is 1.77 bits per heavy atom. The zero-order valence-corrected chi connectivity index (χ0v) is 14.5. The number of ether oxygens (including phenoxy) is 4. The Morgan fingerprint density at radius 3 is 2.38 bits per heavy atom. The molecule has 0 aliphatic carbocycles. The summed E-state index contributed by atoms with van der Waals surface area (Å²) in [7, 11) is 1.61. The number of carboxylic acid groups (broad SMARTS) is 1. The molecule has 142 valence electrons. The second-order valence-electron chi connectivity index (χ2n) is 5.17. The number of aromatic carboxylic acids is 1. The largest absolute Gasteiger partial charge is 0.506 e. The van der Waals surface area contributed by atoms with Gasteiger partial charge in [-0.2, -0.15) is 5.10 Å². The highest BCUT2D eigenvalue weighted by molar-refractivity contribution is 5.85. The summed E-state index contributed by atoms with van der Waals surface area (Å²) in [6.07, 6.45) is 1.46. The SMILES string of the molecule is COCCOCCOCCOc1ccc(-n2ccc(C(=O)O)n2)c(O)c1. The Balaban J connectivity index is 1.74. The Labute approximate surface area is 150 Å². The van der Waals surface area contributed by atoms with Gasteiger partial charge in [-0.05, 0) is 18.2 Å². The highest BCUT2D eigenvalue weighted by atomic mass is 16.6. The molecule has 0 spiro atoms. The van der Waals surface area contributed by atoms with Crippen LogP contribution in [0.15, 0.2) is 30.5 Å².